The quantitative estimate of drug-likeness (QED) is 0.662. The van der Waals surface area contributed by atoms with Crippen LogP contribution in [0.4, 0.5) is 0 Å². The van der Waals surface area contributed by atoms with Crippen molar-refractivity contribution in [2.75, 3.05) is 26.0 Å². The second kappa shape index (κ2) is 7.73. The van der Waals surface area contributed by atoms with Gasteiger partial charge in [0.1, 0.15) is 5.82 Å². The fraction of sp³-hybridized carbons (Fsp3) is 0.700. The molecule has 0 saturated carbocycles. The number of hydrogen-bond acceptors (Lipinski definition) is 4. The summed E-state index contributed by atoms with van der Waals surface area (Å²) in [4.78, 5) is 7.59. The van der Waals surface area contributed by atoms with E-state index in [1.165, 1.54) is 0 Å². The van der Waals surface area contributed by atoms with E-state index in [1.807, 2.05) is 18.0 Å². The molecule has 0 amide bonds. The number of ether oxygens (including phenoxy) is 1. The third kappa shape index (κ3) is 5.20. The second-order valence-corrected chi connectivity index (χ2v) is 4.44. The van der Waals surface area contributed by atoms with Gasteiger partial charge in [-0.25, -0.2) is 4.98 Å². The Balaban J connectivity index is 2.20. The molecule has 1 aromatic rings. The van der Waals surface area contributed by atoms with Crippen molar-refractivity contribution in [2.45, 2.75) is 19.2 Å². The fourth-order valence-electron chi connectivity index (χ4n) is 1.16. The zero-order valence-corrected chi connectivity index (χ0v) is 10.2. The van der Waals surface area contributed by atoms with Crippen LogP contribution in [0.5, 0.6) is 0 Å². The lowest BCUT2D eigenvalue weighted by Gasteiger charge is -2.01. The Hall–Kier alpha value is -0.520. The lowest BCUT2D eigenvalue weighted by atomic mass is 10.4. The molecule has 0 aliphatic rings. The summed E-state index contributed by atoms with van der Waals surface area (Å²) in [6.07, 6.45) is 1.89. The Morgan fingerprint density at radius 1 is 1.60 bits per heavy atom. The van der Waals surface area contributed by atoms with E-state index in [2.05, 4.69) is 22.2 Å². The summed E-state index contributed by atoms with van der Waals surface area (Å²) >= 11 is 1.87. The van der Waals surface area contributed by atoms with Gasteiger partial charge < -0.3 is 15.0 Å². The molecule has 1 heterocycles. The van der Waals surface area contributed by atoms with Crippen LogP contribution in [0.25, 0.3) is 0 Å². The van der Waals surface area contributed by atoms with Gasteiger partial charge in [-0.3, -0.25) is 0 Å². The Morgan fingerprint density at radius 2 is 2.47 bits per heavy atom. The molecule has 5 heteroatoms. The van der Waals surface area contributed by atoms with Gasteiger partial charge in [0.2, 0.25) is 0 Å². The van der Waals surface area contributed by atoms with Crippen LogP contribution in [0.15, 0.2) is 6.20 Å². The first kappa shape index (κ1) is 12.5. The summed E-state index contributed by atoms with van der Waals surface area (Å²) in [7, 11) is 1.71. The third-order valence-electron chi connectivity index (χ3n) is 1.92. The standard InChI is InChI=1S/C10H19N3OS/c1-3-15-8-10-12-7-9(13-10)6-11-4-5-14-2/h7,11H,3-6,8H2,1-2H3,(H,12,13). The van der Waals surface area contributed by atoms with Crippen molar-refractivity contribution in [1.29, 1.82) is 0 Å². The van der Waals surface area contributed by atoms with Gasteiger partial charge >= 0.3 is 0 Å². The predicted octanol–water partition coefficient (Wildman–Crippen LogP) is 1.40. The minimum absolute atomic E-state index is 0.743. The van der Waals surface area contributed by atoms with Crippen molar-refractivity contribution in [2.24, 2.45) is 0 Å². The van der Waals surface area contributed by atoms with Crippen molar-refractivity contribution in [3.8, 4) is 0 Å². The second-order valence-electron chi connectivity index (χ2n) is 3.16. The van der Waals surface area contributed by atoms with Crippen LogP contribution in [-0.2, 0) is 17.0 Å². The zero-order chi connectivity index (χ0) is 10.9. The van der Waals surface area contributed by atoms with Gasteiger partial charge in [0.15, 0.2) is 0 Å². The molecule has 0 aliphatic heterocycles. The average molecular weight is 229 g/mol. The summed E-state index contributed by atoms with van der Waals surface area (Å²) in [5, 5.41) is 3.27. The van der Waals surface area contributed by atoms with E-state index >= 15 is 0 Å². The van der Waals surface area contributed by atoms with Gasteiger partial charge in [0.05, 0.1) is 12.4 Å². The SMILES string of the molecule is CCSCc1ncc(CNCCOC)[nH]1. The highest BCUT2D eigenvalue weighted by molar-refractivity contribution is 7.98. The Bertz CT molecular complexity index is 265. The van der Waals surface area contributed by atoms with Gasteiger partial charge in [-0.05, 0) is 5.75 Å². The minimum Gasteiger partial charge on any atom is -0.383 e. The summed E-state index contributed by atoms with van der Waals surface area (Å²) in [6, 6.07) is 0. The maximum atomic E-state index is 4.95. The molecule has 0 saturated heterocycles. The molecule has 0 radical (unpaired) electrons. The molecule has 15 heavy (non-hydrogen) atoms. The van der Waals surface area contributed by atoms with E-state index in [1.54, 1.807) is 7.11 Å². The van der Waals surface area contributed by atoms with E-state index in [0.717, 1.165) is 42.7 Å². The molecular weight excluding hydrogens is 210 g/mol. The van der Waals surface area contributed by atoms with Gasteiger partial charge in [-0.1, -0.05) is 6.92 Å². The Labute approximate surface area is 95.2 Å². The maximum Gasteiger partial charge on any atom is 0.116 e. The number of methoxy groups -OCH3 is 1. The molecule has 4 nitrogen and oxygen atoms in total. The van der Waals surface area contributed by atoms with Crippen LogP contribution in [0.2, 0.25) is 0 Å². The molecule has 0 spiro atoms. The first-order valence-corrected chi connectivity index (χ1v) is 6.32. The maximum absolute atomic E-state index is 4.95. The van der Waals surface area contributed by atoms with E-state index in [4.69, 9.17) is 4.74 Å². The summed E-state index contributed by atoms with van der Waals surface area (Å²) < 4.78 is 4.95. The minimum atomic E-state index is 0.743. The number of nitrogens with zero attached hydrogens (tertiary/aromatic N) is 1. The van der Waals surface area contributed by atoms with E-state index in [0.29, 0.717) is 0 Å². The first-order valence-electron chi connectivity index (χ1n) is 5.17. The van der Waals surface area contributed by atoms with Crippen LogP contribution in [0.3, 0.4) is 0 Å². The van der Waals surface area contributed by atoms with Gasteiger partial charge in [0.25, 0.3) is 0 Å². The van der Waals surface area contributed by atoms with Crippen LogP contribution >= 0.6 is 11.8 Å². The summed E-state index contributed by atoms with van der Waals surface area (Å²) in [6.45, 7) is 4.59. The van der Waals surface area contributed by atoms with Crippen LogP contribution in [-0.4, -0.2) is 36.0 Å². The van der Waals surface area contributed by atoms with E-state index in [-0.39, 0.29) is 0 Å². The van der Waals surface area contributed by atoms with Crippen molar-refractivity contribution in [3.05, 3.63) is 17.7 Å². The van der Waals surface area contributed by atoms with Crippen LogP contribution < -0.4 is 5.32 Å². The first-order chi connectivity index (χ1) is 7.36. The number of nitrogens with one attached hydrogen (secondary N) is 2. The topological polar surface area (TPSA) is 49.9 Å². The van der Waals surface area contributed by atoms with E-state index < -0.39 is 0 Å². The number of aromatic nitrogens is 2. The van der Waals surface area contributed by atoms with Crippen molar-refractivity contribution in [1.82, 2.24) is 15.3 Å². The highest BCUT2D eigenvalue weighted by atomic mass is 32.2. The largest absolute Gasteiger partial charge is 0.383 e. The van der Waals surface area contributed by atoms with Gasteiger partial charge in [-0.2, -0.15) is 11.8 Å². The Morgan fingerprint density at radius 3 is 3.20 bits per heavy atom. The number of H-pyrrole nitrogens is 1. The number of imidazole rings is 1. The van der Waals surface area contributed by atoms with Gasteiger partial charge in [-0.15, -0.1) is 0 Å². The van der Waals surface area contributed by atoms with Gasteiger partial charge in [0, 0.05) is 32.1 Å². The molecule has 0 atom stereocenters. The molecule has 0 aromatic carbocycles. The summed E-state index contributed by atoms with van der Waals surface area (Å²) in [5.41, 5.74) is 1.14. The molecule has 86 valence electrons. The summed E-state index contributed by atoms with van der Waals surface area (Å²) in [5.74, 6) is 3.15. The molecule has 1 rings (SSSR count). The lowest BCUT2D eigenvalue weighted by Crippen LogP contribution is -2.18. The van der Waals surface area contributed by atoms with Crippen molar-refractivity contribution < 1.29 is 4.74 Å². The highest BCUT2D eigenvalue weighted by Gasteiger charge is 1.99. The molecule has 0 fully saturated rings. The zero-order valence-electron chi connectivity index (χ0n) is 9.38. The fourth-order valence-corrected chi connectivity index (χ4v) is 1.71. The van der Waals surface area contributed by atoms with E-state index in [9.17, 15) is 0 Å². The van der Waals surface area contributed by atoms with Crippen molar-refractivity contribution >= 4 is 11.8 Å². The number of aromatic amines is 1. The average Bonchev–Trinajstić information content (AvgIpc) is 2.69. The molecule has 2 N–H and O–H groups in total. The number of hydrogen-bond donors (Lipinski definition) is 2. The third-order valence-corrected chi connectivity index (χ3v) is 2.81. The normalized spacial score (nSPS) is 10.8. The molecule has 0 aliphatic carbocycles. The Kier molecular flexibility index (Phi) is 6.47. The smallest absolute Gasteiger partial charge is 0.116 e. The molecular formula is C10H19N3OS. The van der Waals surface area contributed by atoms with Crippen LogP contribution in [0, 0.1) is 0 Å². The van der Waals surface area contributed by atoms with Crippen molar-refractivity contribution in [3.63, 3.8) is 0 Å². The van der Waals surface area contributed by atoms with Crippen LogP contribution in [0.1, 0.15) is 18.4 Å². The predicted molar refractivity (Wildman–Crippen MR) is 64.0 cm³/mol. The molecule has 0 unspecified atom stereocenters. The monoisotopic (exact) mass is 229 g/mol. The number of thioether (sulfide) groups is 1. The molecule has 1 aromatic heterocycles. The highest BCUT2D eigenvalue weighted by Crippen LogP contribution is 2.08. The number of rotatable bonds is 8. The lowest BCUT2D eigenvalue weighted by molar-refractivity contribution is 0.199. The molecule has 0 bridgehead atoms.